The number of esters is 2. The average Bonchev–Trinajstić information content (AvgIpc) is 3.07. The second kappa shape index (κ2) is 12.7. The standard InChI is InChI=1S/C33H30F3N5O4/c1-44-31(42)28-27(21-7-4-3-5-8-21)26(20-37)30(38)41(29(28)32(43)45-2)24-13-11-23(12-14-24)39-15-17-40(18-16-39)25-10-6-9-22(19-25)33(34,35)36/h3-14,19,27H,15-18,38H2,1-2H3. The number of carbonyl (C=O) groups excluding carboxylic acids is 2. The van der Waals surface area contributed by atoms with Gasteiger partial charge in [-0.1, -0.05) is 36.4 Å². The monoisotopic (exact) mass is 617 g/mol. The Morgan fingerprint density at radius 3 is 1.96 bits per heavy atom. The molecular formula is C33H30F3N5O4. The van der Waals surface area contributed by atoms with Gasteiger partial charge in [0.05, 0.1) is 42.9 Å². The van der Waals surface area contributed by atoms with E-state index in [1.54, 1.807) is 48.5 Å². The number of allylic oxidation sites excluding steroid dienone is 1. The highest BCUT2D eigenvalue weighted by Crippen LogP contribution is 2.43. The molecule has 0 radical (unpaired) electrons. The minimum atomic E-state index is -4.41. The van der Waals surface area contributed by atoms with Crippen LogP contribution in [0.25, 0.3) is 0 Å². The predicted molar refractivity (Wildman–Crippen MR) is 162 cm³/mol. The number of halogens is 3. The lowest BCUT2D eigenvalue weighted by Crippen LogP contribution is -2.46. The van der Waals surface area contributed by atoms with Gasteiger partial charge < -0.3 is 25.0 Å². The van der Waals surface area contributed by atoms with E-state index in [0.29, 0.717) is 43.1 Å². The number of nitrogens with zero attached hydrogens (tertiary/aromatic N) is 4. The molecule has 3 aromatic carbocycles. The van der Waals surface area contributed by atoms with E-state index in [0.717, 1.165) is 17.8 Å². The molecule has 9 nitrogen and oxygen atoms in total. The van der Waals surface area contributed by atoms with Gasteiger partial charge in [0.15, 0.2) is 0 Å². The van der Waals surface area contributed by atoms with Crippen LogP contribution in [0.5, 0.6) is 0 Å². The van der Waals surface area contributed by atoms with Crippen LogP contribution in [0.1, 0.15) is 17.0 Å². The fraction of sp³-hybridized carbons (Fsp3) is 0.242. The zero-order chi connectivity index (χ0) is 32.3. The number of carbonyl (C=O) groups is 2. The normalized spacial score (nSPS) is 17.2. The highest BCUT2D eigenvalue weighted by Gasteiger charge is 2.43. The Balaban J connectivity index is 1.45. The predicted octanol–water partition coefficient (Wildman–Crippen LogP) is 4.93. The molecule has 0 spiro atoms. The second-order valence-corrected chi connectivity index (χ2v) is 10.4. The Hall–Kier alpha value is -5.44. The Labute approximate surface area is 258 Å². The molecule has 5 rings (SSSR count). The van der Waals surface area contributed by atoms with E-state index >= 15 is 0 Å². The molecule has 3 aromatic rings. The summed E-state index contributed by atoms with van der Waals surface area (Å²) in [6, 6.07) is 23.2. The molecule has 2 heterocycles. The average molecular weight is 618 g/mol. The number of hydrogen-bond donors (Lipinski definition) is 1. The second-order valence-electron chi connectivity index (χ2n) is 10.4. The highest BCUT2D eigenvalue weighted by atomic mass is 19.4. The number of anilines is 3. The summed E-state index contributed by atoms with van der Waals surface area (Å²) in [5.41, 5.74) is 8.01. The van der Waals surface area contributed by atoms with Gasteiger partial charge in [0.1, 0.15) is 11.5 Å². The van der Waals surface area contributed by atoms with Crippen molar-refractivity contribution in [3.05, 3.63) is 113 Å². The van der Waals surface area contributed by atoms with Gasteiger partial charge in [0.25, 0.3) is 0 Å². The maximum absolute atomic E-state index is 13.3. The first-order chi connectivity index (χ1) is 21.6. The van der Waals surface area contributed by atoms with Crippen molar-refractivity contribution in [2.24, 2.45) is 5.73 Å². The maximum atomic E-state index is 13.3. The number of ether oxygens (including phenoxy) is 2. The summed E-state index contributed by atoms with van der Waals surface area (Å²) in [4.78, 5) is 31.8. The summed E-state index contributed by atoms with van der Waals surface area (Å²) in [5, 5.41) is 10.2. The van der Waals surface area contributed by atoms with Crippen LogP contribution in [0.4, 0.5) is 30.2 Å². The highest BCUT2D eigenvalue weighted by molar-refractivity contribution is 6.06. The van der Waals surface area contributed by atoms with Crippen LogP contribution in [0.2, 0.25) is 0 Å². The van der Waals surface area contributed by atoms with E-state index in [1.165, 1.54) is 25.2 Å². The summed E-state index contributed by atoms with van der Waals surface area (Å²) in [6.07, 6.45) is -4.41. The number of nitriles is 1. The van der Waals surface area contributed by atoms with Crippen LogP contribution in [0.3, 0.4) is 0 Å². The number of alkyl halides is 3. The largest absolute Gasteiger partial charge is 0.466 e. The number of benzene rings is 3. The Bertz CT molecular complexity index is 1690. The minimum Gasteiger partial charge on any atom is -0.466 e. The topological polar surface area (TPSA) is 112 Å². The quantitative estimate of drug-likeness (QED) is 0.385. The lowest BCUT2D eigenvalue weighted by molar-refractivity contribution is -0.139. The molecule has 1 unspecified atom stereocenters. The molecule has 45 heavy (non-hydrogen) atoms. The molecule has 0 saturated carbocycles. The Kier molecular flexibility index (Phi) is 8.72. The molecule has 12 heteroatoms. The number of rotatable bonds is 6. The van der Waals surface area contributed by atoms with Crippen molar-refractivity contribution in [3.63, 3.8) is 0 Å². The maximum Gasteiger partial charge on any atom is 0.416 e. The smallest absolute Gasteiger partial charge is 0.416 e. The molecule has 232 valence electrons. The zero-order valence-electron chi connectivity index (χ0n) is 24.5. The summed E-state index contributed by atoms with van der Waals surface area (Å²) >= 11 is 0. The van der Waals surface area contributed by atoms with Crippen LogP contribution in [0, 0.1) is 11.3 Å². The van der Waals surface area contributed by atoms with Crippen LogP contribution < -0.4 is 20.4 Å². The zero-order valence-corrected chi connectivity index (χ0v) is 24.5. The summed E-state index contributed by atoms with van der Waals surface area (Å²) < 4.78 is 49.8. The molecule has 1 atom stereocenters. The van der Waals surface area contributed by atoms with Crippen molar-refractivity contribution in [2.45, 2.75) is 12.1 Å². The van der Waals surface area contributed by atoms with Gasteiger partial charge in [-0.3, -0.25) is 4.90 Å². The third-order valence-corrected chi connectivity index (χ3v) is 7.90. The van der Waals surface area contributed by atoms with E-state index in [9.17, 15) is 28.0 Å². The molecule has 2 N–H and O–H groups in total. The van der Waals surface area contributed by atoms with Crippen molar-refractivity contribution >= 4 is 29.0 Å². The number of hydrogen-bond acceptors (Lipinski definition) is 9. The molecule has 1 saturated heterocycles. The summed E-state index contributed by atoms with van der Waals surface area (Å²) in [5.74, 6) is -2.67. The minimum absolute atomic E-state index is 0.0399. The van der Waals surface area contributed by atoms with E-state index in [2.05, 4.69) is 11.0 Å². The SMILES string of the molecule is COC(=O)C1=C(C(=O)OC)N(c2ccc(N3CCN(c4cccc(C(F)(F)F)c4)CC3)cc2)C(N)=C(C#N)C1c1ccccc1. The van der Waals surface area contributed by atoms with E-state index in [1.807, 2.05) is 17.0 Å². The molecule has 0 bridgehead atoms. The molecular weight excluding hydrogens is 587 g/mol. The first-order valence-electron chi connectivity index (χ1n) is 14.0. The fourth-order valence-corrected chi connectivity index (χ4v) is 5.70. The van der Waals surface area contributed by atoms with Crippen LogP contribution in [0.15, 0.2) is 102 Å². The van der Waals surface area contributed by atoms with E-state index < -0.39 is 29.6 Å². The first-order valence-corrected chi connectivity index (χ1v) is 14.0. The molecule has 0 aromatic heterocycles. The fourth-order valence-electron chi connectivity index (χ4n) is 5.70. The van der Waals surface area contributed by atoms with E-state index in [4.69, 9.17) is 15.2 Å². The Morgan fingerprint density at radius 2 is 1.40 bits per heavy atom. The van der Waals surface area contributed by atoms with Gasteiger partial charge >= 0.3 is 18.1 Å². The van der Waals surface area contributed by atoms with Gasteiger partial charge in [0, 0.05) is 43.2 Å². The van der Waals surface area contributed by atoms with Crippen molar-refractivity contribution in [2.75, 3.05) is 55.1 Å². The van der Waals surface area contributed by atoms with Crippen molar-refractivity contribution in [1.82, 2.24) is 0 Å². The molecule has 2 aliphatic rings. The molecule has 0 amide bonds. The van der Waals surface area contributed by atoms with E-state index in [-0.39, 0.29) is 22.7 Å². The molecule has 2 aliphatic heterocycles. The van der Waals surface area contributed by atoms with Crippen molar-refractivity contribution < 1.29 is 32.2 Å². The van der Waals surface area contributed by atoms with Gasteiger partial charge in [-0.25, -0.2) is 9.59 Å². The van der Waals surface area contributed by atoms with Crippen molar-refractivity contribution in [1.29, 1.82) is 5.26 Å². The van der Waals surface area contributed by atoms with Crippen LogP contribution in [-0.4, -0.2) is 52.3 Å². The third-order valence-electron chi connectivity index (χ3n) is 7.90. The number of nitrogens with two attached hydrogens (primary N) is 1. The summed E-state index contributed by atoms with van der Waals surface area (Å²) in [6.45, 7) is 2.13. The molecule has 1 fully saturated rings. The van der Waals surface area contributed by atoms with Crippen LogP contribution >= 0.6 is 0 Å². The number of piperazine rings is 1. The van der Waals surface area contributed by atoms with Gasteiger partial charge in [0.2, 0.25) is 0 Å². The number of methoxy groups -OCH3 is 2. The lowest BCUT2D eigenvalue weighted by Gasteiger charge is -2.38. The van der Waals surface area contributed by atoms with Gasteiger partial charge in [-0.15, -0.1) is 0 Å². The first kappa shape index (κ1) is 31.0. The molecule has 0 aliphatic carbocycles. The third kappa shape index (κ3) is 6.02. The van der Waals surface area contributed by atoms with Gasteiger partial charge in [-0.2, -0.15) is 18.4 Å². The lowest BCUT2D eigenvalue weighted by atomic mass is 9.81. The van der Waals surface area contributed by atoms with Gasteiger partial charge in [-0.05, 0) is 48.0 Å². The summed E-state index contributed by atoms with van der Waals surface area (Å²) in [7, 11) is 2.37. The van der Waals surface area contributed by atoms with Crippen LogP contribution in [-0.2, 0) is 25.2 Å². The van der Waals surface area contributed by atoms with Crippen molar-refractivity contribution in [3.8, 4) is 6.07 Å². The Morgan fingerprint density at radius 1 is 0.822 bits per heavy atom.